The number of methoxy groups -OCH3 is 1. The van der Waals surface area contributed by atoms with E-state index in [0.29, 0.717) is 11.3 Å². The minimum absolute atomic E-state index is 0.0348. The van der Waals surface area contributed by atoms with Crippen molar-refractivity contribution in [2.24, 2.45) is 0 Å². The highest BCUT2D eigenvalue weighted by Gasteiger charge is 2.47. The highest BCUT2D eigenvalue weighted by atomic mass is 16.7. The lowest BCUT2D eigenvalue weighted by Crippen LogP contribution is -2.61. The average Bonchev–Trinajstić information content (AvgIpc) is 2.97. The molecule has 3 aromatic rings. The Morgan fingerprint density at radius 1 is 0.786 bits per heavy atom. The lowest BCUT2D eigenvalue weighted by atomic mass is 9.98. The number of phenolic OH excluding ortho intramolecular Hbond substituents is 1. The molecule has 14 heteroatoms. The molecule has 42 heavy (non-hydrogen) atoms. The van der Waals surface area contributed by atoms with Crippen molar-refractivity contribution in [2.75, 3.05) is 13.7 Å². The molecule has 2 saturated heterocycles. The highest BCUT2D eigenvalue weighted by Crippen LogP contribution is 2.34. The third-order valence-electron chi connectivity index (χ3n) is 7.31. The SMILES string of the molecule is COc1ccc(-c2cc(=O)c3c(O)cc(O[C@H]4O[C@@H](CO[C@@H]5O[C@H](C)[C@@H](O)[C@@H](O)[C@@H]5O)[C@H](O)[C@@H](O)[C@@H]4O)cc3o2)cc1. The van der Waals surface area contributed by atoms with Gasteiger partial charge in [0.15, 0.2) is 11.7 Å². The summed E-state index contributed by atoms with van der Waals surface area (Å²) in [5.74, 6) is 0.238. The number of aromatic hydroxyl groups is 1. The molecule has 0 aliphatic carbocycles. The Hall–Kier alpha value is -3.31. The molecule has 5 rings (SSSR count). The molecule has 0 radical (unpaired) electrons. The van der Waals surface area contributed by atoms with Gasteiger partial charge in [0.25, 0.3) is 0 Å². The molecular weight excluding hydrogens is 560 g/mol. The van der Waals surface area contributed by atoms with E-state index in [4.69, 9.17) is 28.1 Å². The molecule has 2 fully saturated rings. The molecule has 2 aliphatic rings. The van der Waals surface area contributed by atoms with Crippen LogP contribution in [0.3, 0.4) is 0 Å². The summed E-state index contributed by atoms with van der Waals surface area (Å²) in [4.78, 5) is 12.8. The van der Waals surface area contributed by atoms with E-state index >= 15 is 0 Å². The minimum Gasteiger partial charge on any atom is -0.507 e. The molecule has 228 valence electrons. The number of hydrogen-bond acceptors (Lipinski definition) is 14. The summed E-state index contributed by atoms with van der Waals surface area (Å²) in [6.07, 6.45) is -14.8. The maximum absolute atomic E-state index is 12.8. The first-order valence-electron chi connectivity index (χ1n) is 13.1. The zero-order chi connectivity index (χ0) is 30.3. The molecule has 3 heterocycles. The largest absolute Gasteiger partial charge is 0.507 e. The van der Waals surface area contributed by atoms with Crippen molar-refractivity contribution in [1.82, 2.24) is 0 Å². The van der Waals surface area contributed by atoms with E-state index in [9.17, 15) is 40.5 Å². The van der Waals surface area contributed by atoms with Gasteiger partial charge in [0.2, 0.25) is 6.29 Å². The van der Waals surface area contributed by atoms with Crippen molar-refractivity contribution in [3.8, 4) is 28.6 Å². The molecule has 2 aliphatic heterocycles. The van der Waals surface area contributed by atoms with Gasteiger partial charge in [0.05, 0.1) is 19.8 Å². The maximum Gasteiger partial charge on any atom is 0.229 e. The zero-order valence-corrected chi connectivity index (χ0v) is 22.5. The number of aliphatic hydroxyl groups is 6. The van der Waals surface area contributed by atoms with Gasteiger partial charge < -0.3 is 63.8 Å². The van der Waals surface area contributed by atoms with Crippen LogP contribution in [0.2, 0.25) is 0 Å². The Bertz CT molecular complexity index is 1440. The number of benzene rings is 2. The summed E-state index contributed by atoms with van der Waals surface area (Å²) in [6.45, 7) is 0.984. The van der Waals surface area contributed by atoms with Gasteiger partial charge in [-0.2, -0.15) is 0 Å². The lowest BCUT2D eigenvalue weighted by Gasteiger charge is -2.42. The third kappa shape index (κ3) is 5.81. The van der Waals surface area contributed by atoms with E-state index in [1.807, 2.05) is 0 Å². The standard InChI is InChI=1S/C28H32O14/c1-11-21(31)23(33)25(35)27(39-11)38-10-19-22(32)24(34)26(36)28(42-19)40-14-7-15(29)20-16(30)9-17(41-18(20)8-14)12-3-5-13(37-2)6-4-12/h3-9,11,19,21-29,31-36H,10H2,1-2H3/t11-,19+,21-,22+,23-,24-,25+,26+,27-,28+/m1/s1. The highest BCUT2D eigenvalue weighted by molar-refractivity contribution is 5.86. The quantitative estimate of drug-likeness (QED) is 0.179. The van der Waals surface area contributed by atoms with Gasteiger partial charge in [-0.3, -0.25) is 4.79 Å². The second-order valence-electron chi connectivity index (χ2n) is 10.2. The number of aliphatic hydroxyl groups excluding tert-OH is 6. The van der Waals surface area contributed by atoms with E-state index in [2.05, 4.69) is 0 Å². The first-order valence-corrected chi connectivity index (χ1v) is 13.1. The molecule has 2 aromatic carbocycles. The summed E-state index contributed by atoms with van der Waals surface area (Å²) in [5, 5.41) is 71.9. The van der Waals surface area contributed by atoms with Crippen LogP contribution in [0.25, 0.3) is 22.3 Å². The van der Waals surface area contributed by atoms with Crippen LogP contribution in [0, 0.1) is 0 Å². The summed E-state index contributed by atoms with van der Waals surface area (Å²) in [6, 6.07) is 10.4. The van der Waals surface area contributed by atoms with Gasteiger partial charge in [-0.1, -0.05) is 0 Å². The summed E-state index contributed by atoms with van der Waals surface area (Å²) < 4.78 is 33.2. The van der Waals surface area contributed by atoms with Crippen LogP contribution >= 0.6 is 0 Å². The number of ether oxygens (including phenoxy) is 5. The molecule has 0 amide bonds. The molecule has 1 aromatic heterocycles. The molecule has 7 N–H and O–H groups in total. The van der Waals surface area contributed by atoms with Crippen LogP contribution in [0.5, 0.6) is 17.2 Å². The Morgan fingerprint density at radius 3 is 2.14 bits per heavy atom. The summed E-state index contributed by atoms with van der Waals surface area (Å²) >= 11 is 0. The predicted molar refractivity (Wildman–Crippen MR) is 142 cm³/mol. The molecule has 0 saturated carbocycles. The molecule has 14 nitrogen and oxygen atoms in total. The van der Waals surface area contributed by atoms with Crippen molar-refractivity contribution in [2.45, 2.75) is 68.3 Å². The van der Waals surface area contributed by atoms with Crippen LogP contribution in [0.4, 0.5) is 0 Å². The van der Waals surface area contributed by atoms with E-state index in [0.717, 1.165) is 6.07 Å². The van der Waals surface area contributed by atoms with Crippen LogP contribution < -0.4 is 14.9 Å². The number of phenols is 1. The maximum atomic E-state index is 12.8. The van der Waals surface area contributed by atoms with E-state index in [-0.39, 0.29) is 22.5 Å². The first kappa shape index (κ1) is 30.2. The molecular formula is C28H32O14. The van der Waals surface area contributed by atoms with Gasteiger partial charge in [0.1, 0.15) is 76.7 Å². The van der Waals surface area contributed by atoms with Gasteiger partial charge in [0, 0.05) is 23.8 Å². The Balaban J connectivity index is 1.35. The normalized spacial score (nSPS) is 33.4. The molecule has 0 bridgehead atoms. The lowest BCUT2D eigenvalue weighted by molar-refractivity contribution is -0.318. The Kier molecular flexibility index (Phi) is 8.71. The third-order valence-corrected chi connectivity index (χ3v) is 7.31. The van der Waals surface area contributed by atoms with Crippen LogP contribution in [-0.2, 0) is 14.2 Å². The van der Waals surface area contributed by atoms with Crippen molar-refractivity contribution in [3.63, 3.8) is 0 Å². The minimum atomic E-state index is -1.76. The summed E-state index contributed by atoms with van der Waals surface area (Å²) in [7, 11) is 1.52. The van der Waals surface area contributed by atoms with E-state index < -0.39 is 79.2 Å². The number of rotatable bonds is 7. The fourth-order valence-electron chi connectivity index (χ4n) is 4.84. The smallest absolute Gasteiger partial charge is 0.229 e. The van der Waals surface area contributed by atoms with Gasteiger partial charge >= 0.3 is 0 Å². The van der Waals surface area contributed by atoms with Gasteiger partial charge in [-0.15, -0.1) is 0 Å². The second kappa shape index (κ2) is 12.1. The van der Waals surface area contributed by atoms with Crippen molar-refractivity contribution in [3.05, 3.63) is 52.7 Å². The van der Waals surface area contributed by atoms with E-state index in [1.165, 1.54) is 26.2 Å². The van der Waals surface area contributed by atoms with Gasteiger partial charge in [-0.25, -0.2) is 0 Å². The summed E-state index contributed by atoms with van der Waals surface area (Å²) in [5.41, 5.74) is 0.0115. The fraction of sp³-hybridized carbons (Fsp3) is 0.464. The molecule has 0 spiro atoms. The molecule has 0 unspecified atom stereocenters. The monoisotopic (exact) mass is 592 g/mol. The average molecular weight is 593 g/mol. The van der Waals surface area contributed by atoms with Crippen LogP contribution in [-0.4, -0.2) is 111 Å². The fourth-order valence-corrected chi connectivity index (χ4v) is 4.84. The van der Waals surface area contributed by atoms with Crippen molar-refractivity contribution < 1.29 is 63.8 Å². The zero-order valence-electron chi connectivity index (χ0n) is 22.5. The number of hydrogen-bond donors (Lipinski definition) is 7. The van der Waals surface area contributed by atoms with Gasteiger partial charge in [-0.05, 0) is 31.2 Å². The molecule has 10 atom stereocenters. The first-order chi connectivity index (χ1) is 20.0. The topological polar surface area (TPSA) is 218 Å². The second-order valence-corrected chi connectivity index (χ2v) is 10.2. The Morgan fingerprint density at radius 2 is 1.45 bits per heavy atom. The van der Waals surface area contributed by atoms with Crippen molar-refractivity contribution in [1.29, 1.82) is 0 Å². The number of fused-ring (bicyclic) bond motifs is 1. The Labute approximate surface area is 238 Å². The van der Waals surface area contributed by atoms with Crippen molar-refractivity contribution >= 4 is 11.0 Å². The van der Waals surface area contributed by atoms with E-state index in [1.54, 1.807) is 24.3 Å². The predicted octanol–water partition coefficient (Wildman–Crippen LogP) is -0.795. The van der Waals surface area contributed by atoms with Crippen LogP contribution in [0.15, 0.2) is 51.7 Å². The van der Waals surface area contributed by atoms with Crippen LogP contribution in [0.1, 0.15) is 6.92 Å².